The SMILES string of the molecule is CC(C)(CCOc1ccc(CO)cc1)C(=O)O. The summed E-state index contributed by atoms with van der Waals surface area (Å²) in [5.74, 6) is -0.139. The van der Waals surface area contributed by atoms with Crippen molar-refractivity contribution >= 4 is 5.97 Å². The standard InChI is InChI=1S/C13H18O4/c1-13(2,12(15)16)7-8-17-11-5-3-10(9-14)4-6-11/h3-6,14H,7-9H2,1-2H3,(H,15,16). The number of rotatable bonds is 6. The van der Waals surface area contributed by atoms with E-state index in [0.717, 1.165) is 5.56 Å². The average Bonchev–Trinajstić information content (AvgIpc) is 2.29. The zero-order chi connectivity index (χ0) is 12.9. The summed E-state index contributed by atoms with van der Waals surface area (Å²) in [6, 6.07) is 7.08. The zero-order valence-corrected chi connectivity index (χ0v) is 10.1. The van der Waals surface area contributed by atoms with Gasteiger partial charge in [-0.15, -0.1) is 0 Å². The molecule has 2 N–H and O–H groups in total. The van der Waals surface area contributed by atoms with E-state index < -0.39 is 11.4 Å². The molecule has 1 aromatic carbocycles. The molecule has 0 aliphatic carbocycles. The van der Waals surface area contributed by atoms with Gasteiger partial charge < -0.3 is 14.9 Å². The molecule has 0 saturated heterocycles. The molecule has 0 bridgehead atoms. The number of carbonyl (C=O) groups is 1. The Bertz CT molecular complexity index is 368. The van der Waals surface area contributed by atoms with Crippen LogP contribution in [0, 0.1) is 5.41 Å². The number of aliphatic hydroxyl groups is 1. The summed E-state index contributed by atoms with van der Waals surface area (Å²) in [6.07, 6.45) is 0.448. The van der Waals surface area contributed by atoms with Gasteiger partial charge in [-0.3, -0.25) is 4.79 Å². The Balaban J connectivity index is 2.43. The maximum atomic E-state index is 10.9. The van der Waals surface area contributed by atoms with Crippen LogP contribution in [-0.4, -0.2) is 22.8 Å². The molecule has 0 aliphatic heterocycles. The Morgan fingerprint density at radius 3 is 2.35 bits per heavy atom. The first-order chi connectivity index (χ1) is 7.95. The van der Waals surface area contributed by atoms with E-state index in [1.54, 1.807) is 38.1 Å². The van der Waals surface area contributed by atoms with E-state index in [0.29, 0.717) is 18.8 Å². The molecule has 0 aliphatic rings. The molecule has 94 valence electrons. The van der Waals surface area contributed by atoms with E-state index in [2.05, 4.69) is 0 Å². The number of carboxylic acids is 1. The van der Waals surface area contributed by atoms with Crippen molar-refractivity contribution in [2.75, 3.05) is 6.61 Å². The molecule has 0 aromatic heterocycles. The fraction of sp³-hybridized carbons (Fsp3) is 0.462. The summed E-state index contributed by atoms with van der Waals surface area (Å²) in [7, 11) is 0. The Hall–Kier alpha value is -1.55. The highest BCUT2D eigenvalue weighted by Gasteiger charge is 2.26. The van der Waals surface area contributed by atoms with Crippen molar-refractivity contribution < 1.29 is 19.7 Å². The molecule has 4 heteroatoms. The first-order valence-corrected chi connectivity index (χ1v) is 5.52. The summed E-state index contributed by atoms with van der Waals surface area (Å²) >= 11 is 0. The van der Waals surface area contributed by atoms with Crippen LogP contribution < -0.4 is 4.74 Å². The van der Waals surface area contributed by atoms with Gasteiger partial charge in [-0.2, -0.15) is 0 Å². The van der Waals surface area contributed by atoms with Crippen molar-refractivity contribution in [2.24, 2.45) is 5.41 Å². The molecule has 1 aromatic rings. The van der Waals surface area contributed by atoms with E-state index in [-0.39, 0.29) is 6.61 Å². The van der Waals surface area contributed by atoms with Crippen molar-refractivity contribution in [3.8, 4) is 5.75 Å². The van der Waals surface area contributed by atoms with Gasteiger partial charge in [0.2, 0.25) is 0 Å². The molecule has 0 heterocycles. The first kappa shape index (κ1) is 13.5. The monoisotopic (exact) mass is 238 g/mol. The van der Waals surface area contributed by atoms with Crippen molar-refractivity contribution in [3.63, 3.8) is 0 Å². The molecular weight excluding hydrogens is 220 g/mol. The third kappa shape index (κ3) is 4.07. The lowest BCUT2D eigenvalue weighted by molar-refractivity contribution is -0.147. The van der Waals surface area contributed by atoms with E-state index in [4.69, 9.17) is 14.9 Å². The van der Waals surface area contributed by atoms with Crippen LogP contribution in [0.2, 0.25) is 0 Å². The number of carboxylic acid groups (broad SMARTS) is 1. The van der Waals surface area contributed by atoms with Crippen LogP contribution in [-0.2, 0) is 11.4 Å². The minimum atomic E-state index is -0.822. The predicted octanol–water partition coefficient (Wildman–Crippen LogP) is 2.06. The van der Waals surface area contributed by atoms with Crippen LogP contribution in [0.1, 0.15) is 25.8 Å². The highest BCUT2D eigenvalue weighted by molar-refractivity contribution is 5.73. The van der Waals surface area contributed by atoms with Crippen LogP contribution in [0.5, 0.6) is 5.75 Å². The summed E-state index contributed by atoms with van der Waals surface area (Å²) < 4.78 is 5.45. The second-order valence-electron chi connectivity index (χ2n) is 4.59. The summed E-state index contributed by atoms with van der Waals surface area (Å²) in [5, 5.41) is 17.8. The molecule has 17 heavy (non-hydrogen) atoms. The second-order valence-corrected chi connectivity index (χ2v) is 4.59. The smallest absolute Gasteiger partial charge is 0.309 e. The molecule has 0 unspecified atom stereocenters. The number of aliphatic carboxylic acids is 1. The van der Waals surface area contributed by atoms with Crippen LogP contribution in [0.15, 0.2) is 24.3 Å². The first-order valence-electron chi connectivity index (χ1n) is 5.52. The number of benzene rings is 1. The van der Waals surface area contributed by atoms with Gasteiger partial charge in [0.25, 0.3) is 0 Å². The van der Waals surface area contributed by atoms with Gasteiger partial charge in [0.15, 0.2) is 0 Å². The van der Waals surface area contributed by atoms with Gasteiger partial charge in [0, 0.05) is 0 Å². The fourth-order valence-electron chi connectivity index (χ4n) is 1.22. The van der Waals surface area contributed by atoms with E-state index in [1.807, 2.05) is 0 Å². The number of aliphatic hydroxyl groups excluding tert-OH is 1. The van der Waals surface area contributed by atoms with E-state index in [9.17, 15) is 4.79 Å². The van der Waals surface area contributed by atoms with Crippen LogP contribution in [0.4, 0.5) is 0 Å². The van der Waals surface area contributed by atoms with Gasteiger partial charge in [-0.25, -0.2) is 0 Å². The number of hydrogen-bond donors (Lipinski definition) is 2. The number of hydrogen-bond acceptors (Lipinski definition) is 3. The second kappa shape index (κ2) is 5.68. The normalized spacial score (nSPS) is 11.2. The third-order valence-electron chi connectivity index (χ3n) is 2.68. The van der Waals surface area contributed by atoms with Crippen LogP contribution in [0.3, 0.4) is 0 Å². The Morgan fingerprint density at radius 2 is 1.88 bits per heavy atom. The van der Waals surface area contributed by atoms with Gasteiger partial charge in [0.1, 0.15) is 5.75 Å². The highest BCUT2D eigenvalue weighted by Crippen LogP contribution is 2.21. The van der Waals surface area contributed by atoms with Gasteiger partial charge in [-0.05, 0) is 38.0 Å². The van der Waals surface area contributed by atoms with Gasteiger partial charge in [0.05, 0.1) is 18.6 Å². The Labute approximate surface area is 101 Å². The predicted molar refractivity (Wildman–Crippen MR) is 63.9 cm³/mol. The van der Waals surface area contributed by atoms with Crippen LogP contribution in [0.25, 0.3) is 0 Å². The quantitative estimate of drug-likeness (QED) is 0.796. The summed E-state index contributed by atoms with van der Waals surface area (Å²) in [5.41, 5.74) is 0.0496. The molecule has 4 nitrogen and oxygen atoms in total. The van der Waals surface area contributed by atoms with Gasteiger partial charge >= 0.3 is 5.97 Å². The zero-order valence-electron chi connectivity index (χ0n) is 10.1. The van der Waals surface area contributed by atoms with Crippen molar-refractivity contribution in [1.82, 2.24) is 0 Å². The lowest BCUT2D eigenvalue weighted by Gasteiger charge is -2.18. The highest BCUT2D eigenvalue weighted by atomic mass is 16.5. The lowest BCUT2D eigenvalue weighted by Crippen LogP contribution is -2.25. The van der Waals surface area contributed by atoms with Crippen molar-refractivity contribution in [3.05, 3.63) is 29.8 Å². The molecule has 0 saturated carbocycles. The largest absolute Gasteiger partial charge is 0.494 e. The van der Waals surface area contributed by atoms with E-state index >= 15 is 0 Å². The van der Waals surface area contributed by atoms with Crippen molar-refractivity contribution in [1.29, 1.82) is 0 Å². The lowest BCUT2D eigenvalue weighted by atomic mass is 9.90. The minimum absolute atomic E-state index is 0.00628. The molecule has 0 spiro atoms. The summed E-state index contributed by atoms with van der Waals surface area (Å²) in [4.78, 5) is 10.9. The number of ether oxygens (including phenoxy) is 1. The minimum Gasteiger partial charge on any atom is -0.494 e. The van der Waals surface area contributed by atoms with Crippen molar-refractivity contribution in [2.45, 2.75) is 26.9 Å². The molecular formula is C13H18O4. The third-order valence-corrected chi connectivity index (χ3v) is 2.68. The molecule has 0 fully saturated rings. The molecule has 0 atom stereocenters. The fourth-order valence-corrected chi connectivity index (χ4v) is 1.22. The Morgan fingerprint density at radius 1 is 1.29 bits per heavy atom. The average molecular weight is 238 g/mol. The maximum Gasteiger partial charge on any atom is 0.309 e. The summed E-state index contributed by atoms with van der Waals surface area (Å²) in [6.45, 7) is 3.71. The maximum absolute atomic E-state index is 10.9. The molecule has 1 rings (SSSR count). The molecule has 0 radical (unpaired) electrons. The van der Waals surface area contributed by atoms with Crippen LogP contribution >= 0.6 is 0 Å². The Kier molecular flexibility index (Phi) is 4.52. The molecule has 0 amide bonds. The van der Waals surface area contributed by atoms with E-state index in [1.165, 1.54) is 0 Å². The van der Waals surface area contributed by atoms with Gasteiger partial charge in [-0.1, -0.05) is 12.1 Å². The topological polar surface area (TPSA) is 66.8 Å².